The van der Waals surface area contributed by atoms with Crippen LogP contribution in [-0.2, 0) is 0 Å². The van der Waals surface area contributed by atoms with Crippen LogP contribution >= 0.6 is 0 Å². The first-order valence-electron chi connectivity index (χ1n) is 7.48. The molecule has 0 aromatic heterocycles. The van der Waals surface area contributed by atoms with Crippen LogP contribution in [0, 0.1) is 17.3 Å². The average Bonchev–Trinajstić information content (AvgIpc) is 3.07. The van der Waals surface area contributed by atoms with Gasteiger partial charge in [0.15, 0.2) is 0 Å². The zero-order chi connectivity index (χ0) is 12.3. The van der Waals surface area contributed by atoms with Crippen LogP contribution in [-0.4, -0.2) is 24.3 Å². The molecule has 0 bridgehead atoms. The summed E-state index contributed by atoms with van der Waals surface area (Å²) in [6, 6.07) is 0.719. The number of hydrogen-bond acceptors (Lipinski definition) is 2. The van der Waals surface area contributed by atoms with E-state index in [1.54, 1.807) is 0 Å². The van der Waals surface area contributed by atoms with Gasteiger partial charge in [0.25, 0.3) is 0 Å². The van der Waals surface area contributed by atoms with Gasteiger partial charge >= 0.3 is 0 Å². The van der Waals surface area contributed by atoms with Gasteiger partial charge in [-0.05, 0) is 43.9 Å². The topological polar surface area (TPSA) is 32.3 Å². The summed E-state index contributed by atoms with van der Waals surface area (Å²) in [6.45, 7) is 6.09. The van der Waals surface area contributed by atoms with Gasteiger partial charge in [-0.1, -0.05) is 26.7 Å². The van der Waals surface area contributed by atoms with Crippen molar-refractivity contribution in [1.82, 2.24) is 5.32 Å². The molecule has 2 fully saturated rings. The average molecular weight is 239 g/mol. The second-order valence-corrected chi connectivity index (χ2v) is 6.90. The summed E-state index contributed by atoms with van der Waals surface area (Å²) in [5.41, 5.74) is 0.269. The van der Waals surface area contributed by atoms with Gasteiger partial charge in [0.1, 0.15) is 0 Å². The molecule has 2 aliphatic carbocycles. The second-order valence-electron chi connectivity index (χ2n) is 6.90. The van der Waals surface area contributed by atoms with Gasteiger partial charge in [0.05, 0.1) is 0 Å². The highest BCUT2D eigenvalue weighted by Crippen LogP contribution is 2.44. The van der Waals surface area contributed by atoms with Crippen molar-refractivity contribution in [3.8, 4) is 0 Å². The predicted molar refractivity (Wildman–Crippen MR) is 72.0 cm³/mol. The van der Waals surface area contributed by atoms with Crippen LogP contribution in [0.4, 0.5) is 0 Å². The fourth-order valence-corrected chi connectivity index (χ4v) is 3.29. The van der Waals surface area contributed by atoms with E-state index in [4.69, 9.17) is 0 Å². The van der Waals surface area contributed by atoms with E-state index in [1.165, 1.54) is 44.9 Å². The Kier molecular flexibility index (Phi) is 4.48. The number of nitrogens with one attached hydrogen (secondary N) is 1. The monoisotopic (exact) mass is 239 g/mol. The molecule has 0 heterocycles. The molecule has 0 aliphatic heterocycles. The summed E-state index contributed by atoms with van der Waals surface area (Å²) in [4.78, 5) is 0. The molecule has 0 spiro atoms. The molecule has 2 N–H and O–H groups in total. The van der Waals surface area contributed by atoms with E-state index in [-0.39, 0.29) is 5.41 Å². The van der Waals surface area contributed by atoms with Gasteiger partial charge in [0, 0.05) is 24.6 Å². The Hall–Kier alpha value is -0.0800. The minimum Gasteiger partial charge on any atom is -0.396 e. The first kappa shape index (κ1) is 13.4. The predicted octanol–water partition coefficient (Wildman–Crippen LogP) is 2.95. The van der Waals surface area contributed by atoms with Gasteiger partial charge in [-0.15, -0.1) is 0 Å². The van der Waals surface area contributed by atoms with Crippen molar-refractivity contribution in [2.24, 2.45) is 17.3 Å². The summed E-state index contributed by atoms with van der Waals surface area (Å²) >= 11 is 0. The van der Waals surface area contributed by atoms with E-state index in [0.29, 0.717) is 6.61 Å². The van der Waals surface area contributed by atoms with Crippen molar-refractivity contribution >= 4 is 0 Å². The lowest BCUT2D eigenvalue weighted by atomic mass is 9.81. The number of aliphatic hydroxyl groups is 1. The Morgan fingerprint density at radius 3 is 2.65 bits per heavy atom. The molecule has 2 rings (SSSR count). The Bertz CT molecular complexity index is 235. The first-order chi connectivity index (χ1) is 8.13. The van der Waals surface area contributed by atoms with E-state index in [2.05, 4.69) is 19.2 Å². The van der Waals surface area contributed by atoms with Crippen LogP contribution < -0.4 is 5.32 Å². The van der Waals surface area contributed by atoms with Gasteiger partial charge in [-0.25, -0.2) is 0 Å². The molecule has 2 aliphatic rings. The van der Waals surface area contributed by atoms with Crippen molar-refractivity contribution in [3.63, 3.8) is 0 Å². The standard InChI is InChI=1S/C15H29NO/c1-12(2)8-13-4-3-5-14(9-13)16-10-15(11-17)6-7-15/h12-14,16-17H,3-11H2,1-2H3. The molecule has 0 aromatic rings. The van der Waals surface area contributed by atoms with E-state index in [1.807, 2.05) is 0 Å². The summed E-state index contributed by atoms with van der Waals surface area (Å²) in [6.07, 6.45) is 9.36. The first-order valence-corrected chi connectivity index (χ1v) is 7.48. The lowest BCUT2D eigenvalue weighted by molar-refractivity contribution is 0.190. The zero-order valence-electron chi connectivity index (χ0n) is 11.5. The van der Waals surface area contributed by atoms with Crippen LogP contribution in [0.2, 0.25) is 0 Å². The highest BCUT2D eigenvalue weighted by Gasteiger charge is 2.42. The molecule has 2 atom stereocenters. The van der Waals surface area contributed by atoms with Gasteiger partial charge in [0.2, 0.25) is 0 Å². The number of hydrogen-bond donors (Lipinski definition) is 2. The van der Waals surface area contributed by atoms with E-state index >= 15 is 0 Å². The smallest absolute Gasteiger partial charge is 0.0499 e. The lowest BCUT2D eigenvalue weighted by Crippen LogP contribution is -2.38. The third-order valence-corrected chi connectivity index (χ3v) is 4.65. The second kappa shape index (κ2) is 5.71. The van der Waals surface area contributed by atoms with Crippen molar-refractivity contribution in [2.75, 3.05) is 13.2 Å². The summed E-state index contributed by atoms with van der Waals surface area (Å²) in [5, 5.41) is 13.0. The molecule has 0 radical (unpaired) electrons. The SMILES string of the molecule is CC(C)CC1CCCC(NCC2(CO)CC2)C1. The molecular formula is C15H29NO. The highest BCUT2D eigenvalue weighted by molar-refractivity contribution is 4.95. The molecule has 0 saturated heterocycles. The normalized spacial score (nSPS) is 31.8. The molecule has 100 valence electrons. The van der Waals surface area contributed by atoms with Crippen LogP contribution in [0.15, 0.2) is 0 Å². The third-order valence-electron chi connectivity index (χ3n) is 4.65. The minimum atomic E-state index is 0.269. The van der Waals surface area contributed by atoms with Gasteiger partial charge < -0.3 is 10.4 Å². The van der Waals surface area contributed by atoms with Crippen LogP contribution in [0.5, 0.6) is 0 Å². The van der Waals surface area contributed by atoms with Crippen LogP contribution in [0.3, 0.4) is 0 Å². The fraction of sp³-hybridized carbons (Fsp3) is 1.00. The molecule has 2 unspecified atom stereocenters. The molecule has 0 aromatic carbocycles. The number of aliphatic hydroxyl groups excluding tert-OH is 1. The van der Waals surface area contributed by atoms with Gasteiger partial charge in [-0.3, -0.25) is 0 Å². The molecular weight excluding hydrogens is 210 g/mol. The summed E-state index contributed by atoms with van der Waals surface area (Å²) in [7, 11) is 0. The van der Waals surface area contributed by atoms with Crippen LogP contribution in [0.1, 0.15) is 58.8 Å². The quantitative estimate of drug-likeness (QED) is 0.747. The molecule has 2 saturated carbocycles. The maximum Gasteiger partial charge on any atom is 0.0499 e. The van der Waals surface area contributed by atoms with E-state index in [0.717, 1.165) is 24.4 Å². The van der Waals surface area contributed by atoms with Crippen LogP contribution in [0.25, 0.3) is 0 Å². The van der Waals surface area contributed by atoms with Gasteiger partial charge in [-0.2, -0.15) is 0 Å². The zero-order valence-corrected chi connectivity index (χ0v) is 11.5. The Morgan fingerprint density at radius 1 is 1.29 bits per heavy atom. The Morgan fingerprint density at radius 2 is 2.06 bits per heavy atom. The minimum absolute atomic E-state index is 0.269. The third kappa shape index (κ3) is 3.96. The van der Waals surface area contributed by atoms with Crippen molar-refractivity contribution in [3.05, 3.63) is 0 Å². The summed E-state index contributed by atoms with van der Waals surface area (Å²) in [5.74, 6) is 1.77. The maximum absolute atomic E-state index is 9.32. The largest absolute Gasteiger partial charge is 0.396 e. The molecule has 2 heteroatoms. The summed E-state index contributed by atoms with van der Waals surface area (Å²) < 4.78 is 0. The maximum atomic E-state index is 9.32. The van der Waals surface area contributed by atoms with Crippen molar-refractivity contribution < 1.29 is 5.11 Å². The molecule has 0 amide bonds. The molecule has 2 nitrogen and oxygen atoms in total. The fourth-order valence-electron chi connectivity index (χ4n) is 3.29. The number of rotatable bonds is 6. The molecule has 17 heavy (non-hydrogen) atoms. The lowest BCUT2D eigenvalue weighted by Gasteiger charge is -2.31. The van der Waals surface area contributed by atoms with E-state index < -0.39 is 0 Å². The Balaban J connectivity index is 1.70. The Labute approximate surface area is 106 Å². The van der Waals surface area contributed by atoms with Crippen molar-refractivity contribution in [1.29, 1.82) is 0 Å². The highest BCUT2D eigenvalue weighted by atomic mass is 16.3. The van der Waals surface area contributed by atoms with E-state index in [9.17, 15) is 5.11 Å². The van der Waals surface area contributed by atoms with Crippen molar-refractivity contribution in [2.45, 2.75) is 64.8 Å².